The highest BCUT2D eigenvalue weighted by Crippen LogP contribution is 2.60. The van der Waals surface area contributed by atoms with Crippen molar-refractivity contribution in [3.8, 4) is 17.4 Å². The molecule has 3 aromatic rings. The molecule has 8 nitrogen and oxygen atoms in total. The number of hydrogen-bond donors (Lipinski definition) is 0. The molecule has 3 fully saturated rings. The van der Waals surface area contributed by atoms with E-state index in [1.54, 1.807) is 10.6 Å². The molecule has 1 spiro atoms. The number of nitrogens with zero attached hydrogens (tertiary/aromatic N) is 5. The molecule has 0 N–H and O–H groups in total. The maximum absolute atomic E-state index is 14.6. The Hall–Kier alpha value is -4.14. The molecule has 2 bridgehead atoms. The van der Waals surface area contributed by atoms with E-state index in [1.165, 1.54) is 18.2 Å². The highest BCUT2D eigenvalue weighted by atomic mass is 19.4. The van der Waals surface area contributed by atoms with Gasteiger partial charge in [0, 0.05) is 18.3 Å². The minimum Gasteiger partial charge on any atom is -0.473 e. The average molecular weight is 499 g/mol. The van der Waals surface area contributed by atoms with Gasteiger partial charge in [-0.2, -0.15) is 18.2 Å². The maximum Gasteiger partial charge on any atom is 0.433 e. The van der Waals surface area contributed by atoms with Crippen molar-refractivity contribution in [1.29, 1.82) is 0 Å². The molecule has 0 amide bonds. The second-order valence-corrected chi connectivity index (χ2v) is 9.35. The van der Waals surface area contributed by atoms with Crippen LogP contribution in [-0.4, -0.2) is 32.2 Å². The van der Waals surface area contributed by atoms with E-state index in [2.05, 4.69) is 19.7 Å². The highest BCUT2D eigenvalue weighted by molar-refractivity contribution is 5.58. The van der Waals surface area contributed by atoms with Gasteiger partial charge in [0.2, 0.25) is 5.88 Å². The first-order chi connectivity index (χ1) is 17.1. The summed E-state index contributed by atoms with van der Waals surface area (Å²) in [5, 5.41) is 0. The van der Waals surface area contributed by atoms with E-state index in [4.69, 9.17) is 16.0 Å². The van der Waals surface area contributed by atoms with Crippen LogP contribution in [0.1, 0.15) is 24.1 Å². The van der Waals surface area contributed by atoms with Crippen LogP contribution in [0.3, 0.4) is 0 Å². The number of benzene rings is 1. The molecule has 184 valence electrons. The van der Waals surface area contributed by atoms with E-state index >= 15 is 0 Å². The minimum atomic E-state index is -4.65. The van der Waals surface area contributed by atoms with E-state index in [-0.39, 0.29) is 35.1 Å². The smallest absolute Gasteiger partial charge is 0.433 e. The molecule has 2 saturated heterocycles. The molecule has 12 heteroatoms. The summed E-state index contributed by atoms with van der Waals surface area (Å²) in [5.41, 5.74) is -1.77. The van der Waals surface area contributed by atoms with Crippen molar-refractivity contribution in [3.05, 3.63) is 81.6 Å². The molecule has 0 atom stereocenters. The molecule has 0 radical (unpaired) electrons. The Balaban J connectivity index is 1.16. The number of halogens is 4. The third-order valence-corrected chi connectivity index (χ3v) is 6.91. The number of anilines is 1. The van der Waals surface area contributed by atoms with Gasteiger partial charge < -0.3 is 19.2 Å². The van der Waals surface area contributed by atoms with E-state index in [9.17, 15) is 22.4 Å². The monoisotopic (exact) mass is 499 g/mol. The Morgan fingerprint density at radius 1 is 1.14 bits per heavy atom. The standard InChI is InChI=1S/C24H17F4N5O3/c1-29-22-10-23(11-22)13-32-20(33(23)12-22)8-19(31-21(32)34)35-9-14-2-3-17(16(25)6-14)36-15-4-5-30-18(7-15)24(26,27)28/h2-8H,9-13H2. The van der Waals surface area contributed by atoms with Crippen LogP contribution in [0.4, 0.5) is 23.4 Å². The van der Waals surface area contributed by atoms with Crippen molar-refractivity contribution < 1.29 is 27.0 Å². The Morgan fingerprint density at radius 3 is 2.67 bits per heavy atom. The Kier molecular flexibility index (Phi) is 4.61. The van der Waals surface area contributed by atoms with E-state index in [1.807, 2.05) is 0 Å². The first-order valence-electron chi connectivity index (χ1n) is 11.0. The van der Waals surface area contributed by atoms with Gasteiger partial charge in [-0.05, 0) is 23.8 Å². The quantitative estimate of drug-likeness (QED) is 0.387. The lowest BCUT2D eigenvalue weighted by Gasteiger charge is -2.37. The highest BCUT2D eigenvalue weighted by Gasteiger charge is 2.73. The lowest BCUT2D eigenvalue weighted by molar-refractivity contribution is -0.141. The topological polar surface area (TPSA) is 73.8 Å². The minimum absolute atomic E-state index is 0.0847. The van der Waals surface area contributed by atoms with Crippen LogP contribution in [0, 0.1) is 12.4 Å². The number of pyridine rings is 1. The Bertz CT molecular complexity index is 1490. The number of hydrogen-bond acceptors (Lipinski definition) is 6. The van der Waals surface area contributed by atoms with Crippen molar-refractivity contribution in [3.63, 3.8) is 0 Å². The molecule has 5 heterocycles. The van der Waals surface area contributed by atoms with Crippen molar-refractivity contribution in [1.82, 2.24) is 14.5 Å². The zero-order valence-corrected chi connectivity index (χ0v) is 18.5. The fraction of sp³-hybridized carbons (Fsp3) is 0.333. The molecule has 1 aromatic carbocycles. The van der Waals surface area contributed by atoms with Crippen molar-refractivity contribution in [2.75, 3.05) is 11.4 Å². The van der Waals surface area contributed by atoms with E-state index in [0.29, 0.717) is 30.5 Å². The van der Waals surface area contributed by atoms with Gasteiger partial charge in [-0.1, -0.05) is 6.07 Å². The van der Waals surface area contributed by atoms with Gasteiger partial charge in [-0.15, -0.1) is 0 Å². The largest absolute Gasteiger partial charge is 0.473 e. The second-order valence-electron chi connectivity index (χ2n) is 9.35. The van der Waals surface area contributed by atoms with Gasteiger partial charge in [-0.25, -0.2) is 15.8 Å². The predicted octanol–water partition coefficient (Wildman–Crippen LogP) is 4.19. The summed E-state index contributed by atoms with van der Waals surface area (Å²) in [6.07, 6.45) is -2.27. The van der Waals surface area contributed by atoms with Gasteiger partial charge in [0.25, 0.3) is 5.54 Å². The molecule has 0 unspecified atom stereocenters. The van der Waals surface area contributed by atoms with Crippen LogP contribution >= 0.6 is 0 Å². The summed E-state index contributed by atoms with van der Waals surface area (Å²) < 4.78 is 65.6. The van der Waals surface area contributed by atoms with Crippen molar-refractivity contribution >= 4 is 5.82 Å². The maximum atomic E-state index is 14.6. The fourth-order valence-corrected chi connectivity index (χ4v) is 5.42. The number of aromatic nitrogens is 3. The normalized spacial score (nSPS) is 23.5. The summed E-state index contributed by atoms with van der Waals surface area (Å²) in [6, 6.07) is 7.43. The Morgan fingerprint density at radius 2 is 1.94 bits per heavy atom. The number of fused-ring (bicyclic) bond motifs is 1. The Labute approximate surface area is 201 Å². The third-order valence-electron chi connectivity index (χ3n) is 6.91. The van der Waals surface area contributed by atoms with Crippen LogP contribution in [0.2, 0.25) is 0 Å². The second kappa shape index (κ2) is 7.43. The molecule has 4 aliphatic rings. The molecule has 1 aliphatic carbocycles. The molecular weight excluding hydrogens is 482 g/mol. The van der Waals surface area contributed by atoms with Crippen molar-refractivity contribution in [2.24, 2.45) is 0 Å². The molecule has 3 aliphatic heterocycles. The summed E-state index contributed by atoms with van der Waals surface area (Å²) in [5.74, 6) is -0.522. The van der Waals surface area contributed by atoms with Gasteiger partial charge in [-0.3, -0.25) is 9.55 Å². The summed E-state index contributed by atoms with van der Waals surface area (Å²) in [7, 11) is 0. The van der Waals surface area contributed by atoms with Crippen LogP contribution in [0.15, 0.2) is 47.4 Å². The summed E-state index contributed by atoms with van der Waals surface area (Å²) in [4.78, 5) is 25.7. The zero-order chi connectivity index (χ0) is 25.3. The van der Waals surface area contributed by atoms with Gasteiger partial charge in [0.15, 0.2) is 11.6 Å². The van der Waals surface area contributed by atoms with Crippen LogP contribution < -0.4 is 20.1 Å². The van der Waals surface area contributed by atoms with Crippen LogP contribution in [0.25, 0.3) is 4.85 Å². The lowest BCUT2D eigenvalue weighted by Crippen LogP contribution is -2.51. The summed E-state index contributed by atoms with van der Waals surface area (Å²) in [6.45, 7) is 8.44. The van der Waals surface area contributed by atoms with Gasteiger partial charge >= 0.3 is 11.9 Å². The first-order valence-corrected chi connectivity index (χ1v) is 11.0. The van der Waals surface area contributed by atoms with Gasteiger partial charge in [0.05, 0.1) is 31.5 Å². The predicted molar refractivity (Wildman–Crippen MR) is 117 cm³/mol. The molecule has 1 saturated carbocycles. The fourth-order valence-electron chi connectivity index (χ4n) is 5.42. The lowest BCUT2D eigenvalue weighted by atomic mass is 9.68. The van der Waals surface area contributed by atoms with Crippen molar-refractivity contribution in [2.45, 2.75) is 43.2 Å². The molecule has 7 rings (SSSR count). The SMILES string of the molecule is [C-]#[N+]C12CN3c4cc(OCc5ccc(Oc6ccnc(C(F)(F)F)c6)c(F)c5)nc(=O)n4CC3(C1)C2. The number of alkyl halides is 3. The van der Waals surface area contributed by atoms with Gasteiger partial charge in [0.1, 0.15) is 23.9 Å². The van der Waals surface area contributed by atoms with Crippen LogP contribution in [0.5, 0.6) is 17.4 Å². The van der Waals surface area contributed by atoms with E-state index in [0.717, 1.165) is 25.1 Å². The molecule has 2 aromatic heterocycles. The zero-order valence-electron chi connectivity index (χ0n) is 18.5. The number of ether oxygens (including phenoxy) is 2. The molecular formula is C24H17F4N5O3. The van der Waals surface area contributed by atoms with Crippen LogP contribution in [-0.2, 0) is 19.3 Å². The molecule has 36 heavy (non-hydrogen) atoms. The average Bonchev–Trinajstić information content (AvgIpc) is 3.41. The summed E-state index contributed by atoms with van der Waals surface area (Å²) >= 11 is 0. The number of rotatable bonds is 5. The third kappa shape index (κ3) is 3.45. The van der Waals surface area contributed by atoms with E-state index < -0.39 is 23.4 Å². The first kappa shape index (κ1) is 22.3.